The van der Waals surface area contributed by atoms with Gasteiger partial charge in [0.2, 0.25) is 0 Å². The van der Waals surface area contributed by atoms with Crippen molar-refractivity contribution in [1.29, 1.82) is 0 Å². The summed E-state index contributed by atoms with van der Waals surface area (Å²) < 4.78 is 5.51. The quantitative estimate of drug-likeness (QED) is 0.600. The van der Waals surface area contributed by atoms with Crippen molar-refractivity contribution in [1.82, 2.24) is 15.3 Å². The number of nitrogens with zero attached hydrogens (tertiary/aromatic N) is 2. The average Bonchev–Trinajstić information content (AvgIpc) is 3.42. The van der Waals surface area contributed by atoms with Crippen molar-refractivity contribution in [2.24, 2.45) is 5.92 Å². The zero-order valence-corrected chi connectivity index (χ0v) is 16.0. The van der Waals surface area contributed by atoms with Gasteiger partial charge in [0.15, 0.2) is 5.13 Å². The Kier molecular flexibility index (Phi) is 5.31. The molecule has 0 atom stereocenters. The van der Waals surface area contributed by atoms with E-state index in [2.05, 4.69) is 26.7 Å². The topological polar surface area (TPSA) is 76.1 Å². The summed E-state index contributed by atoms with van der Waals surface area (Å²) in [6, 6.07) is 9.85. The Balaban J connectivity index is 1.36. The van der Waals surface area contributed by atoms with Crippen LogP contribution in [0, 0.1) is 12.8 Å². The number of aryl methyl sites for hydroxylation is 1. The summed E-state index contributed by atoms with van der Waals surface area (Å²) in [5, 5.41) is 7.26. The fourth-order valence-corrected chi connectivity index (χ4v) is 3.77. The van der Waals surface area contributed by atoms with E-state index in [1.807, 2.05) is 37.4 Å². The average molecular weight is 382 g/mol. The molecule has 6 nitrogen and oxygen atoms in total. The summed E-state index contributed by atoms with van der Waals surface area (Å²) in [6.07, 6.45) is 4.39. The van der Waals surface area contributed by atoms with Gasteiger partial charge in [0, 0.05) is 30.3 Å². The molecular formula is C20H22N4O2S. The lowest BCUT2D eigenvalue weighted by molar-refractivity contribution is 0.127. The van der Waals surface area contributed by atoms with Crippen LogP contribution in [0.1, 0.15) is 18.5 Å². The van der Waals surface area contributed by atoms with Gasteiger partial charge in [0.05, 0.1) is 22.7 Å². The lowest BCUT2D eigenvalue weighted by atomic mass is 10.1. The fraction of sp³-hybridized carbons (Fsp3) is 0.350. The number of amides is 2. The molecule has 1 aliphatic rings. The number of aromatic nitrogens is 2. The Labute approximate surface area is 162 Å². The van der Waals surface area contributed by atoms with E-state index in [0.717, 1.165) is 39.6 Å². The number of carbonyl (C=O) groups is 1. The van der Waals surface area contributed by atoms with Gasteiger partial charge in [-0.05, 0) is 37.8 Å². The molecule has 0 saturated heterocycles. The van der Waals surface area contributed by atoms with E-state index >= 15 is 0 Å². The zero-order chi connectivity index (χ0) is 18.6. The van der Waals surface area contributed by atoms with Crippen molar-refractivity contribution < 1.29 is 9.53 Å². The molecule has 2 N–H and O–H groups in total. The molecule has 2 heterocycles. The first-order valence-corrected chi connectivity index (χ1v) is 9.96. The number of ether oxygens (including phenoxy) is 1. The normalized spacial score (nSPS) is 13.7. The second-order valence-corrected chi connectivity index (χ2v) is 7.75. The van der Waals surface area contributed by atoms with Crippen LogP contribution in [-0.2, 0) is 4.74 Å². The van der Waals surface area contributed by atoms with E-state index in [1.165, 1.54) is 24.2 Å². The molecule has 0 unspecified atom stereocenters. The lowest BCUT2D eigenvalue weighted by Gasteiger charge is -2.06. The maximum absolute atomic E-state index is 12.0. The molecule has 140 valence electrons. The SMILES string of the molecule is Cc1nc(NC(=O)NCCOCC2CC2)sc1-c1cnc2ccccc2c1. The van der Waals surface area contributed by atoms with Gasteiger partial charge in [-0.15, -0.1) is 0 Å². The molecule has 7 heteroatoms. The first-order valence-electron chi connectivity index (χ1n) is 9.14. The monoisotopic (exact) mass is 382 g/mol. The number of anilines is 1. The molecule has 0 aliphatic heterocycles. The molecule has 2 aromatic heterocycles. The molecular weight excluding hydrogens is 360 g/mol. The third-order valence-corrected chi connectivity index (χ3v) is 5.57. The number of pyridine rings is 1. The Morgan fingerprint density at radius 3 is 3.04 bits per heavy atom. The number of nitrogens with one attached hydrogen (secondary N) is 2. The maximum atomic E-state index is 12.0. The smallest absolute Gasteiger partial charge is 0.321 e. The van der Waals surface area contributed by atoms with Crippen LogP contribution in [-0.4, -0.2) is 35.8 Å². The molecule has 1 saturated carbocycles. The van der Waals surface area contributed by atoms with E-state index in [4.69, 9.17) is 4.74 Å². The van der Waals surface area contributed by atoms with Gasteiger partial charge in [-0.1, -0.05) is 29.5 Å². The summed E-state index contributed by atoms with van der Waals surface area (Å²) in [5.41, 5.74) is 2.84. The number of rotatable bonds is 7. The first-order chi connectivity index (χ1) is 13.2. The largest absolute Gasteiger partial charge is 0.379 e. The number of benzene rings is 1. The van der Waals surface area contributed by atoms with Crippen LogP contribution in [0.5, 0.6) is 0 Å². The molecule has 0 spiro atoms. The van der Waals surface area contributed by atoms with E-state index in [9.17, 15) is 4.79 Å². The summed E-state index contributed by atoms with van der Waals surface area (Å²) in [7, 11) is 0. The van der Waals surface area contributed by atoms with Gasteiger partial charge < -0.3 is 10.1 Å². The molecule has 2 amide bonds. The number of para-hydroxylation sites is 1. The van der Waals surface area contributed by atoms with Gasteiger partial charge in [0.1, 0.15) is 0 Å². The number of urea groups is 1. The number of fused-ring (bicyclic) bond motifs is 1. The van der Waals surface area contributed by atoms with Crippen LogP contribution in [0.2, 0.25) is 0 Å². The molecule has 1 fully saturated rings. The van der Waals surface area contributed by atoms with Crippen LogP contribution in [0.15, 0.2) is 36.5 Å². The van der Waals surface area contributed by atoms with E-state index < -0.39 is 0 Å². The molecule has 1 aliphatic carbocycles. The van der Waals surface area contributed by atoms with Gasteiger partial charge in [0.25, 0.3) is 0 Å². The van der Waals surface area contributed by atoms with Crippen LogP contribution in [0.4, 0.5) is 9.93 Å². The Morgan fingerprint density at radius 2 is 2.19 bits per heavy atom. The van der Waals surface area contributed by atoms with Gasteiger partial charge in [-0.2, -0.15) is 0 Å². The molecule has 3 aromatic rings. The molecule has 1 aromatic carbocycles. The van der Waals surface area contributed by atoms with Crippen molar-refractivity contribution in [3.05, 3.63) is 42.2 Å². The summed E-state index contributed by atoms with van der Waals surface area (Å²) in [4.78, 5) is 22.0. The highest BCUT2D eigenvalue weighted by Gasteiger charge is 2.20. The van der Waals surface area contributed by atoms with Crippen molar-refractivity contribution in [2.45, 2.75) is 19.8 Å². The second kappa shape index (κ2) is 8.02. The minimum atomic E-state index is -0.262. The Bertz CT molecular complexity index is 952. The number of thiazole rings is 1. The van der Waals surface area contributed by atoms with E-state index in [0.29, 0.717) is 18.3 Å². The third kappa shape index (κ3) is 4.61. The van der Waals surface area contributed by atoms with Crippen LogP contribution in [0.3, 0.4) is 0 Å². The molecule has 4 rings (SSSR count). The standard InChI is InChI=1S/C20H22N4O2S/c1-13-18(16-10-15-4-2-3-5-17(15)22-11-16)27-20(23-13)24-19(25)21-8-9-26-12-14-6-7-14/h2-5,10-11,14H,6-9,12H2,1H3,(H2,21,23,24,25). The highest BCUT2D eigenvalue weighted by molar-refractivity contribution is 7.19. The summed E-state index contributed by atoms with van der Waals surface area (Å²) >= 11 is 1.45. The Hall–Kier alpha value is -2.51. The van der Waals surface area contributed by atoms with Crippen molar-refractivity contribution >= 4 is 33.4 Å². The summed E-state index contributed by atoms with van der Waals surface area (Å²) in [5.74, 6) is 0.736. The number of carbonyl (C=O) groups excluding carboxylic acids is 1. The molecule has 0 radical (unpaired) electrons. The van der Waals surface area contributed by atoms with Gasteiger partial charge in [-0.25, -0.2) is 9.78 Å². The minimum absolute atomic E-state index is 0.262. The highest BCUT2D eigenvalue weighted by atomic mass is 32.1. The van der Waals surface area contributed by atoms with Crippen LogP contribution in [0.25, 0.3) is 21.3 Å². The predicted molar refractivity (Wildman–Crippen MR) is 108 cm³/mol. The molecule has 0 bridgehead atoms. The van der Waals surface area contributed by atoms with Gasteiger partial charge >= 0.3 is 6.03 Å². The maximum Gasteiger partial charge on any atom is 0.321 e. The van der Waals surface area contributed by atoms with Crippen LogP contribution >= 0.6 is 11.3 Å². The fourth-order valence-electron chi connectivity index (χ4n) is 2.83. The van der Waals surface area contributed by atoms with E-state index in [-0.39, 0.29) is 6.03 Å². The first kappa shape index (κ1) is 17.9. The highest BCUT2D eigenvalue weighted by Crippen LogP contribution is 2.33. The minimum Gasteiger partial charge on any atom is -0.379 e. The van der Waals surface area contributed by atoms with Crippen LogP contribution < -0.4 is 10.6 Å². The summed E-state index contributed by atoms with van der Waals surface area (Å²) in [6.45, 7) is 3.77. The number of hydrogen-bond acceptors (Lipinski definition) is 5. The number of hydrogen-bond donors (Lipinski definition) is 2. The van der Waals surface area contributed by atoms with Crippen molar-refractivity contribution in [3.8, 4) is 10.4 Å². The van der Waals surface area contributed by atoms with E-state index in [1.54, 1.807) is 0 Å². The Morgan fingerprint density at radius 1 is 1.33 bits per heavy atom. The molecule has 27 heavy (non-hydrogen) atoms. The third-order valence-electron chi connectivity index (χ3n) is 4.45. The van der Waals surface area contributed by atoms with Crippen molar-refractivity contribution in [2.75, 3.05) is 25.1 Å². The van der Waals surface area contributed by atoms with Gasteiger partial charge in [-0.3, -0.25) is 10.3 Å². The zero-order valence-electron chi connectivity index (χ0n) is 15.2. The second-order valence-electron chi connectivity index (χ2n) is 6.75. The predicted octanol–water partition coefficient (Wildman–Crippen LogP) is 4.21. The lowest BCUT2D eigenvalue weighted by Crippen LogP contribution is -2.31. The van der Waals surface area contributed by atoms with Crippen molar-refractivity contribution in [3.63, 3.8) is 0 Å².